The van der Waals surface area contributed by atoms with Crippen LogP contribution >= 0.6 is 11.8 Å². The van der Waals surface area contributed by atoms with Gasteiger partial charge in [-0.3, -0.25) is 20.2 Å². The molecule has 0 spiro atoms. The molecule has 0 radical (unpaired) electrons. The molecule has 0 bridgehead atoms. The summed E-state index contributed by atoms with van der Waals surface area (Å²) in [6.45, 7) is 2.04. The first-order chi connectivity index (χ1) is 11.5. The highest BCUT2D eigenvalue weighted by Gasteiger charge is 2.27. The summed E-state index contributed by atoms with van der Waals surface area (Å²) >= 11 is 1.63. The molecule has 1 saturated heterocycles. The number of aryl methyl sites for hydroxylation is 1. The molecule has 0 unspecified atom stereocenters. The molecule has 4 amide bonds. The van der Waals surface area contributed by atoms with E-state index in [9.17, 15) is 14.4 Å². The molecule has 1 fully saturated rings. The zero-order valence-electron chi connectivity index (χ0n) is 12.8. The van der Waals surface area contributed by atoms with Gasteiger partial charge in [0.1, 0.15) is 5.57 Å². The molecule has 0 aromatic heterocycles. The van der Waals surface area contributed by atoms with Gasteiger partial charge in [-0.25, -0.2) is 4.79 Å². The van der Waals surface area contributed by atoms with Gasteiger partial charge < -0.3 is 0 Å². The molecular weight excluding hydrogens is 324 g/mol. The Kier molecular flexibility index (Phi) is 4.48. The summed E-state index contributed by atoms with van der Waals surface area (Å²) in [4.78, 5) is 36.6. The molecule has 6 heteroatoms. The van der Waals surface area contributed by atoms with E-state index >= 15 is 0 Å². The predicted octanol–water partition coefficient (Wildman–Crippen LogP) is 2.90. The normalized spacial score (nSPS) is 14.2. The van der Waals surface area contributed by atoms with Crippen molar-refractivity contribution in [3.05, 3.63) is 65.2 Å². The summed E-state index contributed by atoms with van der Waals surface area (Å²) in [6.07, 6.45) is 1.46. The van der Waals surface area contributed by atoms with E-state index in [1.807, 2.05) is 41.8 Å². The van der Waals surface area contributed by atoms with Crippen molar-refractivity contribution in [3.63, 3.8) is 0 Å². The number of nitrogens with one attached hydrogen (secondary N) is 2. The number of amides is 4. The maximum absolute atomic E-state index is 11.7. The van der Waals surface area contributed by atoms with Gasteiger partial charge in [0.2, 0.25) is 0 Å². The van der Waals surface area contributed by atoms with Crippen LogP contribution in [0.3, 0.4) is 0 Å². The maximum Gasteiger partial charge on any atom is 0.328 e. The quantitative estimate of drug-likeness (QED) is 0.666. The number of hydrogen-bond acceptors (Lipinski definition) is 4. The molecule has 2 N–H and O–H groups in total. The van der Waals surface area contributed by atoms with Crippen molar-refractivity contribution in [2.24, 2.45) is 0 Å². The Balaban J connectivity index is 1.76. The summed E-state index contributed by atoms with van der Waals surface area (Å²) in [6, 6.07) is 14.9. The largest absolute Gasteiger partial charge is 0.328 e. The van der Waals surface area contributed by atoms with Gasteiger partial charge in [0.15, 0.2) is 0 Å². The Bertz CT molecular complexity index is 818. The van der Waals surface area contributed by atoms with Gasteiger partial charge in [0, 0.05) is 9.79 Å². The number of carbonyl (C=O) groups excluding carboxylic acids is 3. The third kappa shape index (κ3) is 3.72. The molecular formula is C18H14N2O3S. The zero-order chi connectivity index (χ0) is 17.1. The third-order valence-corrected chi connectivity index (χ3v) is 4.41. The highest BCUT2D eigenvalue weighted by Crippen LogP contribution is 2.28. The van der Waals surface area contributed by atoms with Crippen molar-refractivity contribution in [2.45, 2.75) is 16.7 Å². The first-order valence-electron chi connectivity index (χ1n) is 7.24. The SMILES string of the molecule is Cc1ccc(Sc2ccc(C=C3C(=O)NC(=O)NC3=O)cc2)cc1. The van der Waals surface area contributed by atoms with Crippen LogP contribution in [-0.4, -0.2) is 17.8 Å². The molecule has 0 saturated carbocycles. The highest BCUT2D eigenvalue weighted by atomic mass is 32.2. The van der Waals surface area contributed by atoms with Crippen LogP contribution in [0.15, 0.2) is 63.9 Å². The summed E-state index contributed by atoms with van der Waals surface area (Å²) in [7, 11) is 0. The van der Waals surface area contributed by atoms with Crippen molar-refractivity contribution in [1.82, 2.24) is 10.6 Å². The Morgan fingerprint density at radius 2 is 1.29 bits per heavy atom. The van der Waals surface area contributed by atoms with E-state index in [4.69, 9.17) is 0 Å². The molecule has 1 aliphatic rings. The number of urea groups is 1. The molecule has 1 heterocycles. The van der Waals surface area contributed by atoms with Crippen LogP contribution < -0.4 is 10.6 Å². The van der Waals surface area contributed by atoms with Gasteiger partial charge in [0.25, 0.3) is 11.8 Å². The van der Waals surface area contributed by atoms with Crippen molar-refractivity contribution < 1.29 is 14.4 Å². The summed E-state index contributed by atoms with van der Waals surface area (Å²) < 4.78 is 0. The molecule has 24 heavy (non-hydrogen) atoms. The summed E-state index contributed by atoms with van der Waals surface area (Å²) in [5.74, 6) is -1.39. The van der Waals surface area contributed by atoms with Crippen LogP contribution in [-0.2, 0) is 9.59 Å². The second-order valence-electron chi connectivity index (χ2n) is 5.28. The number of carbonyl (C=O) groups is 3. The average molecular weight is 338 g/mol. The van der Waals surface area contributed by atoms with E-state index in [0.717, 1.165) is 9.79 Å². The standard InChI is InChI=1S/C18H14N2O3S/c1-11-2-6-13(7-3-11)24-14-8-4-12(5-9-14)10-15-16(21)19-18(23)20-17(15)22/h2-10H,1H3,(H2,19,20,21,22,23). The van der Waals surface area contributed by atoms with E-state index in [0.29, 0.717) is 5.56 Å². The number of benzene rings is 2. The molecule has 0 aliphatic carbocycles. The number of imide groups is 2. The second kappa shape index (κ2) is 6.72. The average Bonchev–Trinajstić information content (AvgIpc) is 2.54. The monoisotopic (exact) mass is 338 g/mol. The Hall–Kier alpha value is -2.86. The van der Waals surface area contributed by atoms with Gasteiger partial charge in [-0.1, -0.05) is 41.6 Å². The van der Waals surface area contributed by atoms with Gasteiger partial charge in [-0.2, -0.15) is 0 Å². The van der Waals surface area contributed by atoms with E-state index in [1.165, 1.54) is 11.6 Å². The summed E-state index contributed by atoms with van der Waals surface area (Å²) in [5.41, 5.74) is 1.83. The minimum absolute atomic E-state index is 0.0893. The Morgan fingerprint density at radius 1 is 0.792 bits per heavy atom. The third-order valence-electron chi connectivity index (χ3n) is 3.39. The van der Waals surface area contributed by atoms with Gasteiger partial charge in [-0.15, -0.1) is 0 Å². The first kappa shape index (κ1) is 16.0. The van der Waals surface area contributed by atoms with Gasteiger partial charge in [0.05, 0.1) is 0 Å². The van der Waals surface area contributed by atoms with Crippen molar-refractivity contribution >= 4 is 35.7 Å². The highest BCUT2D eigenvalue weighted by molar-refractivity contribution is 7.99. The molecule has 2 aromatic rings. The molecule has 3 rings (SSSR count). The van der Waals surface area contributed by atoms with E-state index < -0.39 is 17.8 Å². The topological polar surface area (TPSA) is 75.3 Å². The minimum Gasteiger partial charge on any atom is -0.273 e. The smallest absolute Gasteiger partial charge is 0.273 e. The summed E-state index contributed by atoms with van der Waals surface area (Å²) in [5, 5.41) is 4.09. The van der Waals surface area contributed by atoms with E-state index in [-0.39, 0.29) is 5.57 Å². The van der Waals surface area contributed by atoms with Crippen molar-refractivity contribution in [2.75, 3.05) is 0 Å². The lowest BCUT2D eigenvalue weighted by molar-refractivity contribution is -0.123. The predicted molar refractivity (Wildman–Crippen MR) is 91.4 cm³/mol. The number of hydrogen-bond donors (Lipinski definition) is 2. The fourth-order valence-corrected chi connectivity index (χ4v) is 2.96. The lowest BCUT2D eigenvalue weighted by Crippen LogP contribution is -2.51. The minimum atomic E-state index is -0.799. The van der Waals surface area contributed by atoms with Crippen LogP contribution in [0.1, 0.15) is 11.1 Å². The Labute approximate surface area is 143 Å². The fraction of sp³-hybridized carbons (Fsp3) is 0.0556. The molecule has 120 valence electrons. The van der Waals surface area contributed by atoms with Crippen LogP contribution in [0.25, 0.3) is 6.08 Å². The van der Waals surface area contributed by atoms with E-state index in [1.54, 1.807) is 11.8 Å². The molecule has 5 nitrogen and oxygen atoms in total. The van der Waals surface area contributed by atoms with Gasteiger partial charge >= 0.3 is 6.03 Å². The Morgan fingerprint density at radius 3 is 1.83 bits per heavy atom. The van der Waals surface area contributed by atoms with Crippen LogP contribution in [0.5, 0.6) is 0 Å². The maximum atomic E-state index is 11.7. The molecule has 0 atom stereocenters. The van der Waals surface area contributed by atoms with Crippen LogP contribution in [0, 0.1) is 6.92 Å². The molecule has 1 aliphatic heterocycles. The van der Waals surface area contributed by atoms with Gasteiger partial charge in [-0.05, 0) is 42.8 Å². The van der Waals surface area contributed by atoms with E-state index in [2.05, 4.69) is 24.3 Å². The molecule has 2 aromatic carbocycles. The van der Waals surface area contributed by atoms with Crippen molar-refractivity contribution in [1.29, 1.82) is 0 Å². The zero-order valence-corrected chi connectivity index (χ0v) is 13.6. The first-order valence-corrected chi connectivity index (χ1v) is 8.06. The second-order valence-corrected chi connectivity index (χ2v) is 6.43. The van der Waals surface area contributed by atoms with Crippen LogP contribution in [0.2, 0.25) is 0 Å². The van der Waals surface area contributed by atoms with Crippen molar-refractivity contribution in [3.8, 4) is 0 Å². The lowest BCUT2D eigenvalue weighted by Gasteiger charge is -2.13. The lowest BCUT2D eigenvalue weighted by atomic mass is 10.1. The van der Waals surface area contributed by atoms with Crippen LogP contribution in [0.4, 0.5) is 4.79 Å². The number of barbiturate groups is 1. The number of rotatable bonds is 3. The fourth-order valence-electron chi connectivity index (χ4n) is 2.15.